The van der Waals surface area contributed by atoms with Crippen LogP contribution in [0.15, 0.2) is 36.4 Å². The molecule has 0 saturated carbocycles. The van der Waals surface area contributed by atoms with Crippen LogP contribution >= 0.6 is 11.6 Å². The Kier molecular flexibility index (Phi) is 5.36. The van der Waals surface area contributed by atoms with E-state index in [2.05, 4.69) is 16.0 Å². The normalized spacial score (nSPS) is 24.0. The van der Waals surface area contributed by atoms with Crippen LogP contribution in [-0.2, 0) is 19.9 Å². The molecule has 2 heterocycles. The molecule has 2 aliphatic heterocycles. The van der Waals surface area contributed by atoms with Crippen molar-refractivity contribution in [3.63, 3.8) is 0 Å². The van der Waals surface area contributed by atoms with E-state index in [1.165, 1.54) is 0 Å². The highest BCUT2D eigenvalue weighted by atomic mass is 35.5. The van der Waals surface area contributed by atoms with Crippen molar-refractivity contribution in [1.29, 1.82) is 0 Å². The first-order chi connectivity index (χ1) is 14.7. The Hall–Kier alpha value is -3.10. The van der Waals surface area contributed by atoms with Crippen molar-refractivity contribution in [3.05, 3.63) is 52.5 Å². The molecule has 2 aromatic carbocycles. The van der Waals surface area contributed by atoms with Gasteiger partial charge in [-0.3, -0.25) is 19.7 Å². The number of hydrogen-bond acceptors (Lipinski definition) is 5. The number of hydrogen-bond donors (Lipinski definition) is 4. The maximum absolute atomic E-state index is 13.4. The molecule has 0 aliphatic carbocycles. The highest BCUT2D eigenvalue weighted by molar-refractivity contribution is 6.31. The molecular weight excluding hydrogens is 420 g/mol. The molecule has 31 heavy (non-hydrogen) atoms. The first-order valence-electron chi connectivity index (χ1n) is 9.87. The number of ether oxygens (including phenoxy) is 1. The average molecular weight is 443 g/mol. The molecular formula is C22H23ClN4O4. The van der Waals surface area contributed by atoms with Gasteiger partial charge >= 0.3 is 0 Å². The monoisotopic (exact) mass is 442 g/mol. The lowest BCUT2D eigenvalue weighted by atomic mass is 9.79. The molecule has 2 aliphatic rings. The number of anilines is 2. The van der Waals surface area contributed by atoms with E-state index in [-0.39, 0.29) is 24.7 Å². The van der Waals surface area contributed by atoms with Gasteiger partial charge in [-0.1, -0.05) is 11.6 Å². The molecule has 0 unspecified atom stereocenters. The van der Waals surface area contributed by atoms with E-state index >= 15 is 0 Å². The van der Waals surface area contributed by atoms with Crippen molar-refractivity contribution in [2.75, 3.05) is 17.7 Å². The zero-order valence-corrected chi connectivity index (χ0v) is 17.9. The summed E-state index contributed by atoms with van der Waals surface area (Å²) >= 11 is 6.29. The lowest BCUT2D eigenvalue weighted by Gasteiger charge is -2.29. The number of aryl methyl sites for hydroxylation is 1. The zero-order valence-electron chi connectivity index (χ0n) is 17.1. The largest absolute Gasteiger partial charge is 0.497 e. The van der Waals surface area contributed by atoms with Gasteiger partial charge in [-0.15, -0.1) is 0 Å². The third kappa shape index (κ3) is 3.62. The predicted octanol–water partition coefficient (Wildman–Crippen LogP) is 2.30. The number of carbonyl (C=O) groups excluding carboxylic acids is 3. The summed E-state index contributed by atoms with van der Waals surface area (Å²) in [4.78, 5) is 38.2. The summed E-state index contributed by atoms with van der Waals surface area (Å²) < 4.78 is 5.14. The van der Waals surface area contributed by atoms with E-state index in [0.29, 0.717) is 27.7 Å². The molecule has 0 radical (unpaired) electrons. The highest BCUT2D eigenvalue weighted by Crippen LogP contribution is 2.49. The number of carbonyl (C=O) groups is 3. The number of nitrogens with one attached hydrogen (secondary N) is 3. The Morgan fingerprint density at radius 3 is 2.65 bits per heavy atom. The van der Waals surface area contributed by atoms with Crippen LogP contribution in [0.5, 0.6) is 5.75 Å². The second kappa shape index (κ2) is 7.86. The van der Waals surface area contributed by atoms with E-state index in [0.717, 1.165) is 5.56 Å². The fourth-order valence-corrected chi connectivity index (χ4v) is 4.84. The summed E-state index contributed by atoms with van der Waals surface area (Å²) in [5, 5.41) is 9.47. The number of primary amides is 1. The van der Waals surface area contributed by atoms with Gasteiger partial charge in [0, 0.05) is 34.4 Å². The van der Waals surface area contributed by atoms with Gasteiger partial charge in [0.25, 0.3) is 0 Å². The van der Waals surface area contributed by atoms with E-state index in [4.69, 9.17) is 22.1 Å². The molecule has 0 aromatic heterocycles. The zero-order chi connectivity index (χ0) is 22.3. The van der Waals surface area contributed by atoms with Crippen LogP contribution in [0, 0.1) is 12.8 Å². The van der Waals surface area contributed by atoms with Crippen molar-refractivity contribution >= 4 is 40.7 Å². The van der Waals surface area contributed by atoms with Gasteiger partial charge in [-0.05, 0) is 55.3 Å². The van der Waals surface area contributed by atoms with Crippen LogP contribution in [0.2, 0.25) is 5.02 Å². The summed E-state index contributed by atoms with van der Waals surface area (Å²) in [5.74, 6) is -1.32. The predicted molar refractivity (Wildman–Crippen MR) is 117 cm³/mol. The van der Waals surface area contributed by atoms with Crippen LogP contribution in [-0.4, -0.2) is 30.9 Å². The minimum Gasteiger partial charge on any atom is -0.497 e. The lowest BCUT2D eigenvalue weighted by Crippen LogP contribution is -2.52. The number of fused-ring (bicyclic) bond motifs is 2. The van der Waals surface area contributed by atoms with Gasteiger partial charge in [0.1, 0.15) is 11.3 Å². The summed E-state index contributed by atoms with van der Waals surface area (Å²) in [5.41, 5.74) is 6.64. The minimum atomic E-state index is -1.35. The van der Waals surface area contributed by atoms with Crippen LogP contribution < -0.4 is 26.4 Å². The van der Waals surface area contributed by atoms with Crippen LogP contribution in [0.3, 0.4) is 0 Å². The van der Waals surface area contributed by atoms with Gasteiger partial charge in [0.2, 0.25) is 17.7 Å². The molecule has 8 nitrogen and oxygen atoms in total. The van der Waals surface area contributed by atoms with Gasteiger partial charge in [0.05, 0.1) is 13.0 Å². The molecule has 1 fully saturated rings. The molecule has 3 amide bonds. The van der Waals surface area contributed by atoms with Gasteiger partial charge in [-0.2, -0.15) is 0 Å². The molecule has 5 N–H and O–H groups in total. The Morgan fingerprint density at radius 1 is 1.29 bits per heavy atom. The Morgan fingerprint density at radius 2 is 2.00 bits per heavy atom. The standard InChI is InChI=1S/C22H23ClN4O4/c1-11-7-12(23)8-16-19(11)26-21(30)22(16)17(9-14(27-22)10-18(24)28)20(29)25-13-3-5-15(31-2)6-4-13/h3-8,14,17,27H,9-10H2,1-2H3,(H2,24,28)(H,25,29)(H,26,30)/t14-,17-,22+/m1/s1. The third-order valence-corrected chi connectivity index (χ3v) is 6.14. The number of methoxy groups -OCH3 is 1. The number of rotatable bonds is 5. The third-order valence-electron chi connectivity index (χ3n) is 5.92. The molecule has 4 rings (SSSR count). The van der Waals surface area contributed by atoms with Crippen LogP contribution in [0.1, 0.15) is 24.0 Å². The van der Waals surface area contributed by atoms with Crippen molar-refractivity contribution < 1.29 is 19.1 Å². The molecule has 0 bridgehead atoms. The smallest absolute Gasteiger partial charge is 0.250 e. The van der Waals surface area contributed by atoms with Crippen LogP contribution in [0.25, 0.3) is 0 Å². The quantitative estimate of drug-likeness (QED) is 0.566. The maximum atomic E-state index is 13.4. The number of benzene rings is 2. The van der Waals surface area contributed by atoms with E-state index < -0.39 is 23.4 Å². The van der Waals surface area contributed by atoms with Crippen molar-refractivity contribution in [2.24, 2.45) is 11.7 Å². The molecule has 1 spiro atoms. The topological polar surface area (TPSA) is 123 Å². The average Bonchev–Trinajstić information content (AvgIpc) is 3.22. The van der Waals surface area contributed by atoms with Crippen molar-refractivity contribution in [3.8, 4) is 5.75 Å². The second-order valence-electron chi connectivity index (χ2n) is 7.93. The van der Waals surface area contributed by atoms with Gasteiger partial charge in [0.15, 0.2) is 0 Å². The molecule has 1 saturated heterocycles. The molecule has 2 aromatic rings. The maximum Gasteiger partial charge on any atom is 0.250 e. The van der Waals surface area contributed by atoms with Gasteiger partial charge in [-0.25, -0.2) is 0 Å². The summed E-state index contributed by atoms with van der Waals surface area (Å²) in [6.45, 7) is 1.84. The van der Waals surface area contributed by atoms with Crippen LogP contribution in [0.4, 0.5) is 11.4 Å². The fraction of sp³-hybridized carbons (Fsp3) is 0.318. The molecule has 162 valence electrons. The van der Waals surface area contributed by atoms with E-state index in [1.807, 2.05) is 6.92 Å². The summed E-state index contributed by atoms with van der Waals surface area (Å²) in [6, 6.07) is 9.91. The van der Waals surface area contributed by atoms with Crippen molar-refractivity contribution in [2.45, 2.75) is 31.3 Å². The summed E-state index contributed by atoms with van der Waals surface area (Å²) in [7, 11) is 1.56. The second-order valence-corrected chi connectivity index (χ2v) is 8.36. The Bertz CT molecular complexity index is 1070. The van der Waals surface area contributed by atoms with Crippen molar-refractivity contribution in [1.82, 2.24) is 5.32 Å². The molecule has 9 heteroatoms. The summed E-state index contributed by atoms with van der Waals surface area (Å²) in [6.07, 6.45) is 0.277. The number of nitrogens with two attached hydrogens (primary N) is 1. The number of halogens is 1. The number of amides is 3. The Labute approximate surface area is 184 Å². The first kappa shape index (κ1) is 21.1. The van der Waals surface area contributed by atoms with Gasteiger partial charge < -0.3 is 21.1 Å². The van der Waals surface area contributed by atoms with E-state index in [9.17, 15) is 14.4 Å². The SMILES string of the molecule is COc1ccc(NC(=O)[C@H]2C[C@H](CC(N)=O)N[C@]23C(=O)Nc2c(C)cc(Cl)cc23)cc1. The molecule has 3 atom stereocenters. The fourth-order valence-electron chi connectivity index (χ4n) is 4.57. The van der Waals surface area contributed by atoms with E-state index in [1.54, 1.807) is 43.5 Å². The Balaban J connectivity index is 1.73. The highest BCUT2D eigenvalue weighted by Gasteiger charge is 2.60. The lowest BCUT2D eigenvalue weighted by molar-refractivity contribution is -0.130. The minimum absolute atomic E-state index is 0.0101. The first-order valence-corrected chi connectivity index (χ1v) is 10.3.